The second-order valence-electron chi connectivity index (χ2n) is 5.58. The van der Waals surface area contributed by atoms with Crippen molar-refractivity contribution >= 4 is 26.8 Å². The molecular weight excluding hydrogens is 330 g/mol. The lowest BCUT2D eigenvalue weighted by atomic mass is 10.1. The van der Waals surface area contributed by atoms with E-state index in [0.29, 0.717) is 23.1 Å². The Bertz CT molecular complexity index is 845. The van der Waals surface area contributed by atoms with Crippen LogP contribution in [0.4, 0.5) is 0 Å². The molecular formula is C17H21NO5S. The summed E-state index contributed by atoms with van der Waals surface area (Å²) < 4.78 is 32.6. The maximum Gasteiger partial charge on any atom is 0.318 e. The summed E-state index contributed by atoms with van der Waals surface area (Å²) in [6, 6.07) is 9.64. The summed E-state index contributed by atoms with van der Waals surface area (Å²) in [5.74, 6) is -0.594. The zero-order valence-electron chi connectivity index (χ0n) is 13.9. The number of carboxylic acids is 1. The second-order valence-corrected chi connectivity index (χ2v) is 7.44. The van der Waals surface area contributed by atoms with Crippen molar-refractivity contribution in [1.82, 2.24) is 4.31 Å². The van der Waals surface area contributed by atoms with Crippen LogP contribution in [0.15, 0.2) is 41.3 Å². The van der Waals surface area contributed by atoms with Gasteiger partial charge >= 0.3 is 5.97 Å². The minimum Gasteiger partial charge on any atom is -0.493 e. The van der Waals surface area contributed by atoms with Crippen molar-refractivity contribution in [3.8, 4) is 5.75 Å². The second kappa shape index (κ2) is 7.19. The molecule has 0 unspecified atom stereocenters. The number of hydrogen-bond acceptors (Lipinski definition) is 4. The van der Waals surface area contributed by atoms with Crippen molar-refractivity contribution < 1.29 is 23.1 Å². The van der Waals surface area contributed by atoms with Crippen LogP contribution in [0.5, 0.6) is 5.75 Å². The fraction of sp³-hybridized carbons (Fsp3) is 0.353. The minimum absolute atomic E-state index is 0.0801. The summed E-state index contributed by atoms with van der Waals surface area (Å²) in [4.78, 5) is 11.1. The molecule has 0 saturated heterocycles. The molecule has 0 aliphatic rings. The molecule has 7 heteroatoms. The van der Waals surface area contributed by atoms with Gasteiger partial charge in [-0.05, 0) is 32.9 Å². The molecule has 1 N–H and O–H groups in total. The number of hydrogen-bond donors (Lipinski definition) is 1. The van der Waals surface area contributed by atoms with Crippen LogP contribution in [0, 0.1) is 0 Å². The highest BCUT2D eigenvalue weighted by molar-refractivity contribution is 7.89. The van der Waals surface area contributed by atoms with E-state index in [1.807, 2.05) is 6.92 Å². The van der Waals surface area contributed by atoms with E-state index in [1.54, 1.807) is 44.2 Å². The van der Waals surface area contributed by atoms with Gasteiger partial charge in [-0.3, -0.25) is 4.79 Å². The number of sulfonamides is 1. The molecule has 0 atom stereocenters. The average molecular weight is 351 g/mol. The Labute approximate surface area is 141 Å². The number of aliphatic carboxylic acids is 1. The summed E-state index contributed by atoms with van der Waals surface area (Å²) in [6.07, 6.45) is 0. The topological polar surface area (TPSA) is 83.9 Å². The predicted octanol–water partition coefficient (Wildman–Crippen LogP) is 2.72. The first-order valence-corrected chi connectivity index (χ1v) is 9.11. The smallest absolute Gasteiger partial charge is 0.318 e. The van der Waals surface area contributed by atoms with Crippen LogP contribution < -0.4 is 4.74 Å². The molecule has 0 aliphatic carbocycles. The molecule has 2 aromatic carbocycles. The summed E-state index contributed by atoms with van der Waals surface area (Å²) in [7, 11) is -3.96. The number of nitrogens with zero attached hydrogens (tertiary/aromatic N) is 1. The number of fused-ring (bicyclic) bond motifs is 1. The summed E-state index contributed by atoms with van der Waals surface area (Å²) in [5.41, 5.74) is 0. The lowest BCUT2D eigenvalue weighted by Gasteiger charge is -2.25. The van der Waals surface area contributed by atoms with Crippen molar-refractivity contribution in [3.63, 3.8) is 0 Å². The van der Waals surface area contributed by atoms with Crippen LogP contribution in [0.3, 0.4) is 0 Å². The maximum atomic E-state index is 13.0. The number of carbonyl (C=O) groups is 1. The van der Waals surface area contributed by atoms with E-state index < -0.39 is 28.6 Å². The largest absolute Gasteiger partial charge is 0.493 e. The van der Waals surface area contributed by atoms with Gasteiger partial charge in [0.25, 0.3) is 0 Å². The van der Waals surface area contributed by atoms with Crippen LogP contribution in [0.2, 0.25) is 0 Å². The molecule has 2 aromatic rings. The fourth-order valence-electron chi connectivity index (χ4n) is 2.55. The number of rotatable bonds is 7. The predicted molar refractivity (Wildman–Crippen MR) is 91.8 cm³/mol. The van der Waals surface area contributed by atoms with Gasteiger partial charge in [0.2, 0.25) is 10.0 Å². The Morgan fingerprint density at radius 1 is 1.17 bits per heavy atom. The van der Waals surface area contributed by atoms with Crippen molar-refractivity contribution in [2.45, 2.75) is 31.7 Å². The molecule has 0 amide bonds. The van der Waals surface area contributed by atoms with Gasteiger partial charge in [-0.2, -0.15) is 4.31 Å². The van der Waals surface area contributed by atoms with Gasteiger partial charge < -0.3 is 9.84 Å². The number of benzene rings is 2. The lowest BCUT2D eigenvalue weighted by molar-refractivity contribution is -0.137. The first-order valence-electron chi connectivity index (χ1n) is 7.67. The van der Waals surface area contributed by atoms with Gasteiger partial charge in [0.05, 0.1) is 11.5 Å². The molecule has 0 heterocycles. The molecule has 0 spiro atoms. The highest BCUT2D eigenvalue weighted by Gasteiger charge is 2.30. The molecule has 0 aliphatic heterocycles. The van der Waals surface area contributed by atoms with Gasteiger partial charge in [-0.1, -0.05) is 24.3 Å². The third-order valence-electron chi connectivity index (χ3n) is 3.60. The van der Waals surface area contributed by atoms with E-state index in [0.717, 1.165) is 4.31 Å². The molecule has 24 heavy (non-hydrogen) atoms. The number of carboxylic acid groups (broad SMARTS) is 1. The molecule has 0 saturated carbocycles. The first-order chi connectivity index (χ1) is 11.3. The molecule has 2 rings (SSSR count). The Hall–Kier alpha value is -2.12. The van der Waals surface area contributed by atoms with Gasteiger partial charge in [0.15, 0.2) is 0 Å². The van der Waals surface area contributed by atoms with Crippen molar-refractivity contribution in [3.05, 3.63) is 36.4 Å². The Balaban J connectivity index is 2.66. The van der Waals surface area contributed by atoms with Crippen LogP contribution in [0.25, 0.3) is 10.8 Å². The maximum absolute atomic E-state index is 13.0. The van der Waals surface area contributed by atoms with Gasteiger partial charge in [0.1, 0.15) is 12.3 Å². The molecule has 0 aromatic heterocycles. The normalized spacial score (nSPS) is 12.0. The van der Waals surface area contributed by atoms with E-state index in [-0.39, 0.29) is 4.90 Å². The van der Waals surface area contributed by atoms with Crippen LogP contribution in [0.1, 0.15) is 20.8 Å². The summed E-state index contributed by atoms with van der Waals surface area (Å²) in [6.45, 7) is 5.04. The molecule has 6 nitrogen and oxygen atoms in total. The highest BCUT2D eigenvalue weighted by Crippen LogP contribution is 2.33. The molecule has 0 fully saturated rings. The van der Waals surface area contributed by atoms with Crippen molar-refractivity contribution in [2.75, 3.05) is 13.2 Å². The fourth-order valence-corrected chi connectivity index (χ4v) is 4.34. The van der Waals surface area contributed by atoms with Crippen LogP contribution in [-0.4, -0.2) is 43.0 Å². The summed E-state index contributed by atoms with van der Waals surface area (Å²) in [5, 5.41) is 10.2. The van der Waals surface area contributed by atoms with E-state index in [9.17, 15) is 13.2 Å². The van der Waals surface area contributed by atoms with E-state index in [4.69, 9.17) is 9.84 Å². The third kappa shape index (κ3) is 3.52. The minimum atomic E-state index is -3.96. The third-order valence-corrected chi connectivity index (χ3v) is 5.68. The summed E-state index contributed by atoms with van der Waals surface area (Å²) >= 11 is 0. The standard InChI is InChI=1S/C17H21NO5S/c1-4-23-15-9-10-16(14-8-6-5-7-13(14)15)24(21,22)18(12(2)3)11-17(19)20/h5-10,12H,4,11H2,1-3H3,(H,19,20). The van der Waals surface area contributed by atoms with Crippen LogP contribution in [-0.2, 0) is 14.8 Å². The Morgan fingerprint density at radius 2 is 1.79 bits per heavy atom. The first kappa shape index (κ1) is 18.2. The molecule has 0 radical (unpaired) electrons. The van der Waals surface area contributed by atoms with Crippen molar-refractivity contribution in [1.29, 1.82) is 0 Å². The Morgan fingerprint density at radius 3 is 2.33 bits per heavy atom. The average Bonchev–Trinajstić information content (AvgIpc) is 2.52. The molecule has 130 valence electrons. The number of ether oxygens (including phenoxy) is 1. The van der Waals surface area contributed by atoms with Gasteiger partial charge in [0, 0.05) is 16.8 Å². The zero-order valence-corrected chi connectivity index (χ0v) is 14.7. The SMILES string of the molecule is CCOc1ccc(S(=O)(=O)N(CC(=O)O)C(C)C)c2ccccc12. The highest BCUT2D eigenvalue weighted by atomic mass is 32.2. The Kier molecular flexibility index (Phi) is 5.46. The van der Waals surface area contributed by atoms with Crippen molar-refractivity contribution in [2.24, 2.45) is 0 Å². The van der Waals surface area contributed by atoms with Gasteiger partial charge in [-0.15, -0.1) is 0 Å². The quantitative estimate of drug-likeness (QED) is 0.829. The monoisotopic (exact) mass is 351 g/mol. The zero-order chi connectivity index (χ0) is 17.9. The lowest BCUT2D eigenvalue weighted by Crippen LogP contribution is -2.40. The van der Waals surface area contributed by atoms with E-state index >= 15 is 0 Å². The molecule has 0 bridgehead atoms. The van der Waals surface area contributed by atoms with E-state index in [1.165, 1.54) is 6.07 Å². The van der Waals surface area contributed by atoms with Gasteiger partial charge in [-0.25, -0.2) is 8.42 Å². The van der Waals surface area contributed by atoms with E-state index in [2.05, 4.69) is 0 Å². The van der Waals surface area contributed by atoms with Crippen LogP contribution >= 0.6 is 0 Å².